The van der Waals surface area contributed by atoms with Crippen LogP contribution in [-0.4, -0.2) is 15.9 Å². The number of hydrogen-bond donors (Lipinski definition) is 2. The largest absolute Gasteiger partial charge is 0.331 e. The molecular weight excluding hydrogens is 380 g/mol. The minimum Gasteiger partial charge on any atom is -0.331 e. The van der Waals surface area contributed by atoms with E-state index in [9.17, 15) is 4.79 Å². The highest BCUT2D eigenvalue weighted by atomic mass is 32.1. The van der Waals surface area contributed by atoms with Crippen molar-refractivity contribution in [3.05, 3.63) is 89.1 Å². The predicted octanol–water partition coefficient (Wildman–Crippen LogP) is 5.82. The molecule has 0 unspecified atom stereocenters. The zero-order chi connectivity index (χ0) is 20.2. The molecule has 0 atom stereocenters. The molecule has 2 aromatic heterocycles. The van der Waals surface area contributed by atoms with Crippen molar-refractivity contribution in [2.24, 2.45) is 0 Å². The molecule has 0 saturated carbocycles. The summed E-state index contributed by atoms with van der Waals surface area (Å²) in [7, 11) is 0. The van der Waals surface area contributed by atoms with Crippen LogP contribution in [0.3, 0.4) is 0 Å². The van der Waals surface area contributed by atoms with Gasteiger partial charge in [0.1, 0.15) is 0 Å². The maximum Gasteiger partial charge on any atom is 0.255 e. The Balaban J connectivity index is 1.53. The van der Waals surface area contributed by atoms with Gasteiger partial charge in [0.2, 0.25) is 0 Å². The lowest BCUT2D eigenvalue weighted by Crippen LogP contribution is -2.12. The maximum absolute atomic E-state index is 12.7. The van der Waals surface area contributed by atoms with Crippen LogP contribution in [0.2, 0.25) is 0 Å². The molecule has 2 aromatic carbocycles. The van der Waals surface area contributed by atoms with Crippen LogP contribution >= 0.6 is 11.3 Å². The third-order valence-corrected chi connectivity index (χ3v) is 5.24. The summed E-state index contributed by atoms with van der Waals surface area (Å²) in [5.41, 5.74) is 6.21. The van der Waals surface area contributed by atoms with Crippen LogP contribution < -0.4 is 10.6 Å². The first-order chi connectivity index (χ1) is 14.1. The van der Waals surface area contributed by atoms with E-state index in [1.165, 1.54) is 11.3 Å². The van der Waals surface area contributed by atoms with E-state index in [1.54, 1.807) is 12.4 Å². The highest BCUT2D eigenvalue weighted by molar-refractivity contribution is 7.14. The van der Waals surface area contributed by atoms with E-state index in [4.69, 9.17) is 0 Å². The molecule has 2 N–H and O–H groups in total. The Morgan fingerprint density at radius 3 is 2.72 bits per heavy atom. The van der Waals surface area contributed by atoms with Gasteiger partial charge in [-0.15, -0.1) is 11.3 Å². The molecular formula is C23H20N4OS. The Hall–Kier alpha value is -3.51. The number of amides is 1. The number of aryl methyl sites for hydroxylation is 2. The van der Waals surface area contributed by atoms with Crippen molar-refractivity contribution in [2.45, 2.75) is 13.8 Å². The summed E-state index contributed by atoms with van der Waals surface area (Å²) < 4.78 is 0. The number of hydrogen-bond acceptors (Lipinski definition) is 5. The first-order valence-corrected chi connectivity index (χ1v) is 10.1. The van der Waals surface area contributed by atoms with Crippen molar-refractivity contribution in [3.8, 4) is 11.3 Å². The predicted molar refractivity (Wildman–Crippen MR) is 119 cm³/mol. The minimum atomic E-state index is -0.145. The Labute approximate surface area is 173 Å². The minimum absolute atomic E-state index is 0.145. The molecule has 5 nitrogen and oxygen atoms in total. The molecule has 6 heteroatoms. The zero-order valence-corrected chi connectivity index (χ0v) is 17.0. The SMILES string of the molecule is Cc1cccc(NC(=O)c2ccc(C)c(Nc3nc(-c4cccnc4)cs3)c2)c1. The second-order valence-electron chi connectivity index (χ2n) is 6.76. The van der Waals surface area contributed by atoms with Crippen LogP contribution in [0, 0.1) is 13.8 Å². The number of carbonyl (C=O) groups is 1. The Bertz CT molecular complexity index is 1150. The molecule has 1 amide bonds. The number of nitrogens with zero attached hydrogens (tertiary/aromatic N) is 2. The molecule has 0 spiro atoms. The monoisotopic (exact) mass is 400 g/mol. The lowest BCUT2D eigenvalue weighted by molar-refractivity contribution is 0.102. The lowest BCUT2D eigenvalue weighted by Gasteiger charge is -2.10. The average molecular weight is 401 g/mol. The average Bonchev–Trinajstić information content (AvgIpc) is 3.19. The van der Waals surface area contributed by atoms with E-state index < -0.39 is 0 Å². The van der Waals surface area contributed by atoms with Gasteiger partial charge >= 0.3 is 0 Å². The molecule has 0 fully saturated rings. The molecule has 4 rings (SSSR count). The third kappa shape index (κ3) is 4.50. The molecule has 4 aromatic rings. The second-order valence-corrected chi connectivity index (χ2v) is 7.62. The molecule has 2 heterocycles. The molecule has 0 aliphatic heterocycles. The van der Waals surface area contributed by atoms with Crippen LogP contribution in [0.4, 0.5) is 16.5 Å². The first-order valence-electron chi connectivity index (χ1n) is 9.20. The van der Waals surface area contributed by atoms with Gasteiger partial charge in [-0.3, -0.25) is 9.78 Å². The highest BCUT2D eigenvalue weighted by Crippen LogP contribution is 2.28. The normalized spacial score (nSPS) is 10.6. The highest BCUT2D eigenvalue weighted by Gasteiger charge is 2.11. The zero-order valence-electron chi connectivity index (χ0n) is 16.1. The fraction of sp³-hybridized carbons (Fsp3) is 0.0870. The van der Waals surface area contributed by atoms with E-state index >= 15 is 0 Å². The summed E-state index contributed by atoms with van der Waals surface area (Å²) in [6.07, 6.45) is 3.53. The van der Waals surface area contributed by atoms with Gasteiger partial charge in [-0.05, 0) is 61.4 Å². The summed E-state index contributed by atoms with van der Waals surface area (Å²) >= 11 is 1.52. The Morgan fingerprint density at radius 1 is 1.03 bits per heavy atom. The van der Waals surface area contributed by atoms with Crippen molar-refractivity contribution < 1.29 is 4.79 Å². The summed E-state index contributed by atoms with van der Waals surface area (Å²) in [5.74, 6) is -0.145. The summed E-state index contributed by atoms with van der Waals surface area (Å²) in [6, 6.07) is 17.2. The maximum atomic E-state index is 12.7. The van der Waals surface area contributed by atoms with Crippen LogP contribution in [0.1, 0.15) is 21.5 Å². The number of thiazole rings is 1. The van der Waals surface area contributed by atoms with Crippen molar-refractivity contribution >= 4 is 33.8 Å². The standard InChI is InChI=1S/C23H20N4OS/c1-15-5-3-7-19(11-15)25-22(28)17-9-8-16(2)20(12-17)26-23-27-21(14-29-23)18-6-4-10-24-13-18/h3-14H,1-2H3,(H,25,28)(H,26,27). The Morgan fingerprint density at radius 2 is 1.93 bits per heavy atom. The molecule has 0 radical (unpaired) electrons. The molecule has 29 heavy (non-hydrogen) atoms. The summed E-state index contributed by atoms with van der Waals surface area (Å²) in [6.45, 7) is 4.00. The second kappa shape index (κ2) is 8.24. The number of pyridine rings is 1. The molecule has 0 saturated heterocycles. The van der Waals surface area contributed by atoms with Crippen molar-refractivity contribution in [1.29, 1.82) is 0 Å². The van der Waals surface area contributed by atoms with Crippen LogP contribution in [0.25, 0.3) is 11.3 Å². The van der Waals surface area contributed by atoms with Crippen LogP contribution in [0.5, 0.6) is 0 Å². The van der Waals surface area contributed by atoms with Gasteiger partial charge in [0.05, 0.1) is 5.69 Å². The summed E-state index contributed by atoms with van der Waals surface area (Å²) in [5, 5.41) is 9.04. The molecule has 0 aliphatic carbocycles. The van der Waals surface area contributed by atoms with Crippen molar-refractivity contribution in [3.63, 3.8) is 0 Å². The van der Waals surface area contributed by atoms with Crippen LogP contribution in [0.15, 0.2) is 72.4 Å². The molecule has 144 valence electrons. The fourth-order valence-electron chi connectivity index (χ4n) is 2.92. The first kappa shape index (κ1) is 18.8. The van der Waals surface area contributed by atoms with E-state index in [-0.39, 0.29) is 5.91 Å². The third-order valence-electron chi connectivity index (χ3n) is 4.48. The van der Waals surface area contributed by atoms with Crippen LogP contribution in [-0.2, 0) is 0 Å². The van der Waals surface area contributed by atoms with Gasteiger partial charge in [-0.2, -0.15) is 0 Å². The van der Waals surface area contributed by atoms with E-state index in [2.05, 4.69) is 20.6 Å². The van der Waals surface area contributed by atoms with E-state index in [0.717, 1.165) is 38.9 Å². The van der Waals surface area contributed by atoms with Crippen molar-refractivity contribution in [1.82, 2.24) is 9.97 Å². The van der Waals surface area contributed by atoms with Gasteiger partial charge in [0, 0.05) is 40.3 Å². The topological polar surface area (TPSA) is 66.9 Å². The number of nitrogens with one attached hydrogen (secondary N) is 2. The lowest BCUT2D eigenvalue weighted by atomic mass is 10.1. The number of aromatic nitrogens is 2. The number of carbonyl (C=O) groups excluding carboxylic acids is 1. The molecule has 0 bridgehead atoms. The van der Waals surface area contributed by atoms with Gasteiger partial charge in [0.15, 0.2) is 5.13 Å². The van der Waals surface area contributed by atoms with Gasteiger partial charge in [-0.1, -0.05) is 18.2 Å². The number of anilines is 3. The van der Waals surface area contributed by atoms with E-state index in [1.807, 2.05) is 73.8 Å². The van der Waals surface area contributed by atoms with Gasteiger partial charge < -0.3 is 10.6 Å². The smallest absolute Gasteiger partial charge is 0.255 e. The quantitative estimate of drug-likeness (QED) is 0.443. The van der Waals surface area contributed by atoms with Gasteiger partial charge in [0.25, 0.3) is 5.91 Å². The van der Waals surface area contributed by atoms with E-state index in [0.29, 0.717) is 5.56 Å². The summed E-state index contributed by atoms with van der Waals surface area (Å²) in [4.78, 5) is 21.4. The molecule has 0 aliphatic rings. The number of benzene rings is 2. The fourth-order valence-corrected chi connectivity index (χ4v) is 3.65. The number of rotatable bonds is 5. The van der Waals surface area contributed by atoms with Crippen molar-refractivity contribution in [2.75, 3.05) is 10.6 Å². The Kier molecular flexibility index (Phi) is 5.35. The van der Waals surface area contributed by atoms with Gasteiger partial charge in [-0.25, -0.2) is 4.98 Å².